The number of anilines is 1. The lowest BCUT2D eigenvalue weighted by Gasteiger charge is -2.33. The van der Waals surface area contributed by atoms with Crippen molar-refractivity contribution in [2.24, 2.45) is 5.92 Å². The molecule has 0 unspecified atom stereocenters. The summed E-state index contributed by atoms with van der Waals surface area (Å²) in [7, 11) is -3.55. The SMILES string of the molecule is O=C(C1CCN(S(=O)(=O)c2ccc(Cl)cc2)CC1)N1CCCN(c2nccs2)CC1. The maximum Gasteiger partial charge on any atom is 0.243 e. The van der Waals surface area contributed by atoms with Crippen LogP contribution < -0.4 is 4.90 Å². The molecule has 4 rings (SSSR count). The lowest BCUT2D eigenvalue weighted by Crippen LogP contribution is -2.45. The van der Waals surface area contributed by atoms with Crippen molar-refractivity contribution in [1.29, 1.82) is 0 Å². The highest BCUT2D eigenvalue weighted by Crippen LogP contribution is 2.27. The zero-order valence-electron chi connectivity index (χ0n) is 16.6. The molecule has 162 valence electrons. The Morgan fingerprint density at radius 1 is 1.03 bits per heavy atom. The number of aromatic nitrogens is 1. The molecule has 0 N–H and O–H groups in total. The highest BCUT2D eigenvalue weighted by molar-refractivity contribution is 7.89. The molecule has 2 aromatic rings. The van der Waals surface area contributed by atoms with Gasteiger partial charge in [-0.05, 0) is 43.5 Å². The molecule has 0 atom stereocenters. The van der Waals surface area contributed by atoms with Gasteiger partial charge in [0.25, 0.3) is 0 Å². The van der Waals surface area contributed by atoms with E-state index in [1.807, 2.05) is 10.3 Å². The lowest BCUT2D eigenvalue weighted by molar-refractivity contribution is -0.136. The summed E-state index contributed by atoms with van der Waals surface area (Å²) in [6.07, 6.45) is 3.82. The first-order chi connectivity index (χ1) is 14.4. The number of halogens is 1. The number of sulfonamides is 1. The van der Waals surface area contributed by atoms with Crippen LogP contribution in [0.25, 0.3) is 0 Å². The Kier molecular flexibility index (Phi) is 6.62. The number of hydrogen-bond acceptors (Lipinski definition) is 6. The van der Waals surface area contributed by atoms with Crippen LogP contribution in [-0.2, 0) is 14.8 Å². The van der Waals surface area contributed by atoms with E-state index in [1.165, 1.54) is 16.4 Å². The fourth-order valence-corrected chi connectivity index (χ4v) is 6.35. The first-order valence-electron chi connectivity index (χ1n) is 10.1. The third kappa shape index (κ3) is 4.64. The van der Waals surface area contributed by atoms with Crippen LogP contribution in [0.5, 0.6) is 0 Å². The summed E-state index contributed by atoms with van der Waals surface area (Å²) in [5.74, 6) is 0.0348. The Labute approximate surface area is 186 Å². The number of piperidine rings is 1. The molecule has 1 aromatic carbocycles. The topological polar surface area (TPSA) is 73.8 Å². The molecule has 30 heavy (non-hydrogen) atoms. The van der Waals surface area contributed by atoms with Gasteiger partial charge in [0, 0.05) is 61.8 Å². The minimum absolute atomic E-state index is 0.118. The minimum atomic E-state index is -3.55. The van der Waals surface area contributed by atoms with Crippen LogP contribution in [0.3, 0.4) is 0 Å². The van der Waals surface area contributed by atoms with Crippen LogP contribution in [-0.4, -0.2) is 67.8 Å². The van der Waals surface area contributed by atoms with Gasteiger partial charge in [-0.15, -0.1) is 11.3 Å². The highest BCUT2D eigenvalue weighted by atomic mass is 35.5. The minimum Gasteiger partial charge on any atom is -0.346 e. The van der Waals surface area contributed by atoms with Crippen molar-refractivity contribution in [3.8, 4) is 0 Å². The molecule has 2 aliphatic heterocycles. The van der Waals surface area contributed by atoms with E-state index in [2.05, 4.69) is 9.88 Å². The van der Waals surface area contributed by atoms with Gasteiger partial charge in [0.05, 0.1) is 4.90 Å². The highest BCUT2D eigenvalue weighted by Gasteiger charge is 2.34. The van der Waals surface area contributed by atoms with Gasteiger partial charge in [-0.3, -0.25) is 4.79 Å². The van der Waals surface area contributed by atoms with E-state index >= 15 is 0 Å². The van der Waals surface area contributed by atoms with Gasteiger partial charge in [0.15, 0.2) is 5.13 Å². The van der Waals surface area contributed by atoms with Gasteiger partial charge in [0.2, 0.25) is 15.9 Å². The summed E-state index contributed by atoms with van der Waals surface area (Å²) < 4.78 is 27.2. The molecule has 0 spiro atoms. The molecule has 1 aromatic heterocycles. The Morgan fingerprint density at radius 3 is 2.43 bits per heavy atom. The Hall–Kier alpha value is -1.68. The third-order valence-corrected chi connectivity index (χ3v) is 8.75. The molecule has 0 radical (unpaired) electrons. The average Bonchev–Trinajstić information content (AvgIpc) is 3.18. The third-order valence-electron chi connectivity index (χ3n) is 5.75. The van der Waals surface area contributed by atoms with Crippen LogP contribution in [0.1, 0.15) is 19.3 Å². The van der Waals surface area contributed by atoms with Crippen molar-refractivity contribution in [2.45, 2.75) is 24.2 Å². The zero-order valence-corrected chi connectivity index (χ0v) is 19.0. The second kappa shape index (κ2) is 9.21. The van der Waals surface area contributed by atoms with Crippen molar-refractivity contribution in [3.63, 3.8) is 0 Å². The second-order valence-electron chi connectivity index (χ2n) is 7.61. The number of nitrogens with zero attached hydrogens (tertiary/aromatic N) is 4. The monoisotopic (exact) mass is 468 g/mol. The van der Waals surface area contributed by atoms with E-state index in [-0.39, 0.29) is 16.7 Å². The predicted molar refractivity (Wildman–Crippen MR) is 118 cm³/mol. The second-order valence-corrected chi connectivity index (χ2v) is 10.9. The fraction of sp³-hybridized carbons (Fsp3) is 0.500. The van der Waals surface area contributed by atoms with E-state index in [9.17, 15) is 13.2 Å². The maximum absolute atomic E-state index is 13.1. The normalized spacial score (nSPS) is 19.6. The number of amides is 1. The van der Waals surface area contributed by atoms with Crippen LogP contribution in [0.15, 0.2) is 40.7 Å². The summed E-state index contributed by atoms with van der Waals surface area (Å²) in [6.45, 7) is 3.82. The van der Waals surface area contributed by atoms with E-state index in [1.54, 1.807) is 29.7 Å². The molecule has 0 saturated carbocycles. The van der Waals surface area contributed by atoms with Crippen molar-refractivity contribution in [2.75, 3.05) is 44.2 Å². The van der Waals surface area contributed by atoms with Gasteiger partial charge >= 0.3 is 0 Å². The molecule has 2 aliphatic rings. The summed E-state index contributed by atoms with van der Waals surface area (Å²) in [4.78, 5) is 21.9. The number of hydrogen-bond donors (Lipinski definition) is 0. The number of thiazole rings is 1. The van der Waals surface area contributed by atoms with Gasteiger partial charge in [-0.1, -0.05) is 11.6 Å². The van der Waals surface area contributed by atoms with Crippen LogP contribution in [0.2, 0.25) is 5.02 Å². The molecule has 2 saturated heterocycles. The largest absolute Gasteiger partial charge is 0.346 e. The van der Waals surface area contributed by atoms with Crippen LogP contribution >= 0.6 is 22.9 Å². The van der Waals surface area contributed by atoms with Crippen molar-refractivity contribution in [1.82, 2.24) is 14.2 Å². The number of carbonyl (C=O) groups is 1. The van der Waals surface area contributed by atoms with Crippen molar-refractivity contribution < 1.29 is 13.2 Å². The van der Waals surface area contributed by atoms with E-state index in [0.717, 1.165) is 31.2 Å². The van der Waals surface area contributed by atoms with E-state index < -0.39 is 10.0 Å². The van der Waals surface area contributed by atoms with Gasteiger partial charge in [-0.25, -0.2) is 13.4 Å². The summed E-state index contributed by atoms with van der Waals surface area (Å²) in [6, 6.07) is 6.22. The van der Waals surface area contributed by atoms with E-state index in [0.29, 0.717) is 37.5 Å². The fourth-order valence-electron chi connectivity index (χ4n) is 4.06. The van der Waals surface area contributed by atoms with Crippen LogP contribution in [0, 0.1) is 5.92 Å². The molecular formula is C20H25ClN4O3S2. The van der Waals surface area contributed by atoms with Gasteiger partial charge in [0.1, 0.15) is 0 Å². The van der Waals surface area contributed by atoms with Gasteiger partial charge < -0.3 is 9.80 Å². The standard InChI is InChI=1S/C20H25ClN4O3S2/c21-17-2-4-18(5-3-17)30(27,28)25-11-6-16(7-12-25)19(26)23-9-1-10-24(14-13-23)20-22-8-15-29-20/h2-5,8,15-16H,1,6-7,9-14H2. The average molecular weight is 469 g/mol. The molecule has 10 heteroatoms. The Bertz CT molecular complexity index is 958. The molecule has 3 heterocycles. The smallest absolute Gasteiger partial charge is 0.243 e. The Morgan fingerprint density at radius 2 is 1.77 bits per heavy atom. The predicted octanol–water partition coefficient (Wildman–Crippen LogP) is 2.94. The molecule has 1 amide bonds. The van der Waals surface area contributed by atoms with Gasteiger partial charge in [-0.2, -0.15) is 4.31 Å². The van der Waals surface area contributed by atoms with Crippen LogP contribution in [0.4, 0.5) is 5.13 Å². The first kappa shape index (κ1) is 21.5. The molecule has 0 aliphatic carbocycles. The van der Waals surface area contributed by atoms with E-state index in [4.69, 9.17) is 11.6 Å². The molecule has 0 bridgehead atoms. The number of rotatable bonds is 4. The van der Waals surface area contributed by atoms with Crippen molar-refractivity contribution in [3.05, 3.63) is 40.9 Å². The quantitative estimate of drug-likeness (QED) is 0.689. The molecule has 2 fully saturated rings. The summed E-state index contributed by atoms with van der Waals surface area (Å²) in [5.41, 5.74) is 0. The number of benzene rings is 1. The zero-order chi connectivity index (χ0) is 21.1. The summed E-state index contributed by atoms with van der Waals surface area (Å²) >= 11 is 7.49. The summed E-state index contributed by atoms with van der Waals surface area (Å²) in [5, 5.41) is 3.48. The van der Waals surface area contributed by atoms with Crippen molar-refractivity contribution >= 4 is 44.0 Å². The lowest BCUT2D eigenvalue weighted by atomic mass is 9.96. The molecule has 7 nitrogen and oxygen atoms in total. The Balaban J connectivity index is 1.33. The molecular weight excluding hydrogens is 444 g/mol. The first-order valence-corrected chi connectivity index (χ1v) is 12.8. The number of carbonyl (C=O) groups excluding carboxylic acids is 1. The maximum atomic E-state index is 13.1.